The summed E-state index contributed by atoms with van der Waals surface area (Å²) in [4.78, 5) is 24.0. The summed E-state index contributed by atoms with van der Waals surface area (Å²) >= 11 is 3.06. The Morgan fingerprint density at radius 1 is 1.08 bits per heavy atom. The van der Waals surface area contributed by atoms with E-state index in [0.29, 0.717) is 21.4 Å². The van der Waals surface area contributed by atoms with Gasteiger partial charge in [0.25, 0.3) is 5.91 Å². The molecule has 2 aromatic rings. The fraction of sp³-hybridized carbons (Fsp3) is 0.240. The van der Waals surface area contributed by atoms with Gasteiger partial charge in [-0.05, 0) is 42.0 Å². The molecule has 4 N–H and O–H groups in total. The van der Waals surface area contributed by atoms with E-state index < -0.39 is 11.7 Å². The molecule has 0 unspecified atom stereocenters. The first-order valence-electron chi connectivity index (χ1n) is 11.2. The topological polar surface area (TPSA) is 104 Å². The summed E-state index contributed by atoms with van der Waals surface area (Å²) in [5.41, 5.74) is 3.95. The van der Waals surface area contributed by atoms with Crippen LogP contribution in [0.15, 0.2) is 76.0 Å². The largest absolute Gasteiger partial charge is 0.418 e. The van der Waals surface area contributed by atoms with Crippen molar-refractivity contribution in [3.8, 4) is 0 Å². The molecule has 0 saturated heterocycles. The van der Waals surface area contributed by atoms with Gasteiger partial charge in [-0.2, -0.15) is 18.3 Å². The number of nitrogens with one attached hydrogen (secondary N) is 4. The number of carbonyl (C=O) groups is 2. The lowest BCUT2D eigenvalue weighted by atomic mass is 10.1. The number of hydrazone groups is 1. The van der Waals surface area contributed by atoms with Gasteiger partial charge in [0.15, 0.2) is 0 Å². The van der Waals surface area contributed by atoms with Crippen LogP contribution in [0.4, 0.5) is 24.5 Å². The van der Waals surface area contributed by atoms with Gasteiger partial charge in [0.2, 0.25) is 5.91 Å². The van der Waals surface area contributed by atoms with Crippen molar-refractivity contribution in [1.82, 2.24) is 16.1 Å². The SMILES string of the molecule is C=C1C=C(C(=O)NCCOCCC(=O)NCc2ccc(Nc3ccc(Br)cc3C(F)(F)F)cc2)C=NN1. The quantitative estimate of drug-likeness (QED) is 0.296. The minimum Gasteiger partial charge on any atom is -0.379 e. The molecule has 37 heavy (non-hydrogen) atoms. The van der Waals surface area contributed by atoms with Crippen molar-refractivity contribution in [2.75, 3.05) is 25.1 Å². The van der Waals surface area contributed by atoms with Gasteiger partial charge in [-0.25, -0.2) is 0 Å². The van der Waals surface area contributed by atoms with Crippen LogP contribution in [0.5, 0.6) is 0 Å². The van der Waals surface area contributed by atoms with E-state index in [1.807, 2.05) is 0 Å². The summed E-state index contributed by atoms with van der Waals surface area (Å²) < 4.78 is 45.6. The molecule has 0 atom stereocenters. The average Bonchev–Trinajstić information content (AvgIpc) is 2.86. The third-order valence-corrected chi connectivity index (χ3v) is 5.51. The molecule has 1 aliphatic rings. The molecule has 0 saturated carbocycles. The first kappa shape index (κ1) is 27.9. The van der Waals surface area contributed by atoms with Crippen LogP contribution < -0.4 is 21.4 Å². The highest BCUT2D eigenvalue weighted by atomic mass is 79.9. The first-order chi connectivity index (χ1) is 17.6. The maximum Gasteiger partial charge on any atom is 0.418 e. The lowest BCUT2D eigenvalue weighted by Gasteiger charge is -2.15. The Kier molecular flexibility index (Phi) is 9.86. The molecule has 1 heterocycles. The number of hydrogen-bond acceptors (Lipinski definition) is 6. The predicted molar refractivity (Wildman–Crippen MR) is 138 cm³/mol. The lowest BCUT2D eigenvalue weighted by Crippen LogP contribution is -2.31. The Morgan fingerprint density at radius 2 is 1.84 bits per heavy atom. The van der Waals surface area contributed by atoms with Crippen molar-refractivity contribution in [2.24, 2.45) is 5.10 Å². The number of allylic oxidation sites excluding steroid dienone is 1. The lowest BCUT2D eigenvalue weighted by molar-refractivity contribution is -0.137. The molecule has 12 heteroatoms. The van der Waals surface area contributed by atoms with Gasteiger partial charge >= 0.3 is 6.18 Å². The van der Waals surface area contributed by atoms with Crippen LogP contribution >= 0.6 is 15.9 Å². The van der Waals surface area contributed by atoms with Gasteiger partial charge in [0, 0.05) is 35.4 Å². The van der Waals surface area contributed by atoms with Crippen LogP contribution in [0, 0.1) is 0 Å². The van der Waals surface area contributed by atoms with Crippen LogP contribution in [0.3, 0.4) is 0 Å². The molecule has 0 aromatic heterocycles. The summed E-state index contributed by atoms with van der Waals surface area (Å²) in [7, 11) is 0. The number of hydrogen-bond donors (Lipinski definition) is 4. The Balaban J connectivity index is 1.34. The van der Waals surface area contributed by atoms with Crippen LogP contribution in [-0.2, 0) is 27.0 Å². The molecule has 196 valence electrons. The third kappa shape index (κ3) is 9.07. The molecule has 0 aliphatic carbocycles. The molecule has 1 aliphatic heterocycles. The van der Waals surface area contributed by atoms with Gasteiger partial charge in [-0.3, -0.25) is 15.0 Å². The smallest absolute Gasteiger partial charge is 0.379 e. The molecule has 0 bridgehead atoms. The highest BCUT2D eigenvalue weighted by Gasteiger charge is 2.33. The van der Waals surface area contributed by atoms with Crippen molar-refractivity contribution in [1.29, 1.82) is 0 Å². The number of amides is 2. The van der Waals surface area contributed by atoms with Gasteiger partial charge in [-0.15, -0.1) is 0 Å². The van der Waals surface area contributed by atoms with E-state index >= 15 is 0 Å². The summed E-state index contributed by atoms with van der Waals surface area (Å²) in [6, 6.07) is 10.6. The predicted octanol–water partition coefficient (Wildman–Crippen LogP) is 4.38. The molecule has 0 spiro atoms. The highest BCUT2D eigenvalue weighted by Crippen LogP contribution is 2.37. The van der Waals surface area contributed by atoms with E-state index in [4.69, 9.17) is 4.74 Å². The number of alkyl halides is 3. The molecule has 2 amide bonds. The fourth-order valence-corrected chi connectivity index (χ4v) is 3.54. The number of anilines is 2. The van der Waals surface area contributed by atoms with E-state index in [2.05, 4.69) is 49.0 Å². The second kappa shape index (κ2) is 13.1. The minimum absolute atomic E-state index is 0.0561. The van der Waals surface area contributed by atoms with Crippen molar-refractivity contribution in [3.05, 3.63) is 82.0 Å². The van der Waals surface area contributed by atoms with Crippen molar-refractivity contribution in [2.45, 2.75) is 19.1 Å². The Labute approximate surface area is 220 Å². The van der Waals surface area contributed by atoms with Crippen molar-refractivity contribution in [3.63, 3.8) is 0 Å². The number of benzene rings is 2. The second-order valence-electron chi connectivity index (χ2n) is 7.90. The molecular weight excluding hydrogens is 555 g/mol. The number of carbonyl (C=O) groups excluding carboxylic acids is 2. The fourth-order valence-electron chi connectivity index (χ4n) is 3.18. The van der Waals surface area contributed by atoms with Crippen molar-refractivity contribution < 1.29 is 27.5 Å². The monoisotopic (exact) mass is 579 g/mol. The standard InChI is InChI=1S/C25H25BrF3N5O3/c1-16-12-18(15-32-34-16)24(36)30-9-11-37-10-8-23(35)31-14-17-2-5-20(6-3-17)33-22-7-4-19(26)13-21(22)25(27,28)29/h2-7,12-13,15,33-34H,1,8-11,14H2,(H,30,36)(H,31,35). The molecule has 3 rings (SSSR count). The molecule has 0 fully saturated rings. The normalized spacial score (nSPS) is 13.0. The summed E-state index contributed by atoms with van der Waals surface area (Å²) in [5, 5.41) is 12.0. The van der Waals surface area contributed by atoms with Gasteiger partial charge in [-0.1, -0.05) is 34.6 Å². The van der Waals surface area contributed by atoms with E-state index in [-0.39, 0.29) is 50.2 Å². The minimum atomic E-state index is -4.50. The van der Waals surface area contributed by atoms with Gasteiger partial charge in [0.1, 0.15) is 0 Å². The Morgan fingerprint density at radius 3 is 2.54 bits per heavy atom. The number of nitrogens with zero attached hydrogens (tertiary/aromatic N) is 1. The molecule has 2 aromatic carbocycles. The molecule has 0 radical (unpaired) electrons. The van der Waals surface area contributed by atoms with Crippen LogP contribution in [0.25, 0.3) is 0 Å². The number of ether oxygens (including phenoxy) is 1. The van der Waals surface area contributed by atoms with E-state index in [1.54, 1.807) is 30.3 Å². The zero-order chi connectivity index (χ0) is 26.8. The van der Waals surface area contributed by atoms with E-state index in [9.17, 15) is 22.8 Å². The average molecular weight is 580 g/mol. The Bertz CT molecular complexity index is 1200. The van der Waals surface area contributed by atoms with Crippen LogP contribution in [0.1, 0.15) is 17.5 Å². The first-order valence-corrected chi connectivity index (χ1v) is 12.0. The summed E-state index contributed by atoms with van der Waals surface area (Å²) in [6.45, 7) is 4.63. The molecule has 8 nitrogen and oxygen atoms in total. The second-order valence-corrected chi connectivity index (χ2v) is 8.82. The van der Waals surface area contributed by atoms with Crippen molar-refractivity contribution >= 4 is 45.3 Å². The maximum absolute atomic E-state index is 13.3. The van der Waals surface area contributed by atoms with Gasteiger partial charge in [0.05, 0.1) is 36.3 Å². The zero-order valence-corrected chi connectivity index (χ0v) is 21.2. The van der Waals surface area contributed by atoms with Gasteiger partial charge < -0.3 is 20.7 Å². The molecular formula is C25H25BrF3N5O3. The number of halogens is 4. The third-order valence-electron chi connectivity index (χ3n) is 5.02. The van der Waals surface area contributed by atoms with E-state index in [0.717, 1.165) is 11.6 Å². The highest BCUT2D eigenvalue weighted by molar-refractivity contribution is 9.10. The zero-order valence-electron chi connectivity index (χ0n) is 19.6. The summed E-state index contributed by atoms with van der Waals surface area (Å²) in [6.07, 6.45) is -1.39. The summed E-state index contributed by atoms with van der Waals surface area (Å²) in [5.74, 6) is -0.517. The van der Waals surface area contributed by atoms with Crippen LogP contribution in [-0.4, -0.2) is 37.8 Å². The number of rotatable bonds is 11. The maximum atomic E-state index is 13.3. The Hall–Kier alpha value is -3.64. The van der Waals surface area contributed by atoms with Crippen LogP contribution in [0.2, 0.25) is 0 Å². The van der Waals surface area contributed by atoms with E-state index in [1.165, 1.54) is 18.3 Å².